The Morgan fingerprint density at radius 2 is 1.71 bits per heavy atom. The van der Waals surface area contributed by atoms with E-state index in [2.05, 4.69) is 25.2 Å². The maximum Gasteiger partial charge on any atom is 0.333 e. The van der Waals surface area contributed by atoms with Crippen molar-refractivity contribution in [2.45, 2.75) is 43.6 Å². The average Bonchev–Trinajstić information content (AvgIpc) is 2.39. The molecule has 0 amide bonds. The molecule has 0 spiro atoms. The first-order valence-corrected chi connectivity index (χ1v) is 11.5. The van der Waals surface area contributed by atoms with Crippen molar-refractivity contribution in [3.8, 4) is 0 Å². The molecule has 0 aromatic carbocycles. The van der Waals surface area contributed by atoms with Gasteiger partial charge in [0.25, 0.3) is 0 Å². The molecule has 0 aliphatic heterocycles. The molecule has 3 nitrogen and oxygen atoms in total. The monoisotopic (exact) mass is 274 g/mol. The lowest BCUT2D eigenvalue weighted by Gasteiger charge is -2.39. The summed E-state index contributed by atoms with van der Waals surface area (Å²) in [5.74, 6) is 0. The van der Waals surface area contributed by atoms with Gasteiger partial charge < -0.3 is 13.3 Å². The lowest BCUT2D eigenvalue weighted by atomic mass is 10.1. The van der Waals surface area contributed by atoms with Gasteiger partial charge in [-0.25, -0.2) is 0 Å². The van der Waals surface area contributed by atoms with E-state index in [0.717, 1.165) is 12.1 Å². The molecule has 5 heteroatoms. The predicted octanol–water partition coefficient (Wildman–Crippen LogP) is 3.22. The van der Waals surface area contributed by atoms with E-state index < -0.39 is 16.9 Å². The Bertz CT molecular complexity index is 266. The fourth-order valence-electron chi connectivity index (χ4n) is 2.60. The minimum absolute atomic E-state index is 0.703. The SMILES string of the molecule is CO[Si](C)(C[Si](C)(OC)C1CC=CCC1)OC. The molecule has 0 bridgehead atoms. The van der Waals surface area contributed by atoms with Crippen molar-refractivity contribution in [3.05, 3.63) is 12.2 Å². The van der Waals surface area contributed by atoms with Crippen LogP contribution >= 0.6 is 0 Å². The van der Waals surface area contributed by atoms with Crippen LogP contribution in [0.1, 0.15) is 19.3 Å². The largest absolute Gasteiger partial charge is 0.420 e. The summed E-state index contributed by atoms with van der Waals surface area (Å²) in [6.45, 7) is 4.47. The summed E-state index contributed by atoms with van der Waals surface area (Å²) in [7, 11) is 1.63. The highest BCUT2D eigenvalue weighted by Gasteiger charge is 2.46. The Hall–Kier alpha value is 0.0538. The lowest BCUT2D eigenvalue weighted by molar-refractivity contribution is 0.250. The minimum atomic E-state index is -2.03. The van der Waals surface area contributed by atoms with Crippen LogP contribution in [-0.4, -0.2) is 38.2 Å². The third-order valence-corrected chi connectivity index (χ3v) is 14.4. The van der Waals surface area contributed by atoms with Gasteiger partial charge in [-0.3, -0.25) is 0 Å². The third-order valence-electron chi connectivity index (χ3n) is 4.13. The Kier molecular flexibility index (Phi) is 5.59. The Labute approximate surface area is 108 Å². The smallest absolute Gasteiger partial charge is 0.333 e. The van der Waals surface area contributed by atoms with Crippen LogP contribution in [0.25, 0.3) is 0 Å². The molecule has 1 rings (SSSR count). The van der Waals surface area contributed by atoms with Crippen LogP contribution in [0.3, 0.4) is 0 Å². The van der Waals surface area contributed by atoms with Gasteiger partial charge in [0.1, 0.15) is 0 Å². The van der Waals surface area contributed by atoms with Crippen LogP contribution in [0.2, 0.25) is 24.3 Å². The summed E-state index contributed by atoms with van der Waals surface area (Å²) in [4.78, 5) is 0. The molecule has 0 N–H and O–H groups in total. The normalized spacial score (nSPS) is 24.6. The summed E-state index contributed by atoms with van der Waals surface area (Å²) in [5.41, 5.74) is 1.72. The maximum atomic E-state index is 5.96. The first-order valence-electron chi connectivity index (χ1n) is 6.30. The van der Waals surface area contributed by atoms with Crippen molar-refractivity contribution in [2.24, 2.45) is 0 Å². The highest BCUT2D eigenvalue weighted by molar-refractivity contribution is 6.88. The highest BCUT2D eigenvalue weighted by Crippen LogP contribution is 2.39. The van der Waals surface area contributed by atoms with Gasteiger partial charge in [-0.2, -0.15) is 0 Å². The molecule has 100 valence electrons. The van der Waals surface area contributed by atoms with E-state index in [9.17, 15) is 0 Å². The summed E-state index contributed by atoms with van der Waals surface area (Å²) >= 11 is 0. The van der Waals surface area contributed by atoms with Gasteiger partial charge in [-0.05, 0) is 37.9 Å². The standard InChI is InChI=1S/C12H26O3Si2/c1-13-16(4,11-17(5,14-2)15-3)12-9-7-6-8-10-12/h6-7,12H,8-11H2,1-5H3. The number of allylic oxidation sites excluding steroid dienone is 2. The zero-order chi connectivity index (χ0) is 12.9. The molecule has 0 saturated carbocycles. The van der Waals surface area contributed by atoms with Crippen LogP contribution in [0, 0.1) is 0 Å². The molecular formula is C12H26O3Si2. The summed E-state index contributed by atoms with van der Waals surface area (Å²) in [6, 6.07) is 0. The molecule has 2 unspecified atom stereocenters. The molecule has 2 atom stereocenters. The van der Waals surface area contributed by atoms with Gasteiger partial charge >= 0.3 is 8.56 Å². The van der Waals surface area contributed by atoms with Gasteiger partial charge in [0.05, 0.1) is 0 Å². The molecule has 0 radical (unpaired) electrons. The number of rotatable bonds is 6. The molecule has 1 aliphatic rings. The number of hydrogen-bond acceptors (Lipinski definition) is 3. The Balaban J connectivity index is 2.76. The van der Waals surface area contributed by atoms with Crippen molar-refractivity contribution in [1.82, 2.24) is 0 Å². The Morgan fingerprint density at radius 3 is 2.12 bits per heavy atom. The van der Waals surface area contributed by atoms with E-state index in [1.165, 1.54) is 12.8 Å². The van der Waals surface area contributed by atoms with Crippen LogP contribution in [0.4, 0.5) is 0 Å². The fraction of sp³-hybridized carbons (Fsp3) is 0.833. The molecule has 17 heavy (non-hydrogen) atoms. The van der Waals surface area contributed by atoms with E-state index >= 15 is 0 Å². The summed E-state index contributed by atoms with van der Waals surface area (Å²) in [6.07, 6.45) is 8.19. The minimum Gasteiger partial charge on any atom is -0.420 e. The second kappa shape index (κ2) is 6.29. The van der Waals surface area contributed by atoms with E-state index in [4.69, 9.17) is 13.3 Å². The van der Waals surface area contributed by atoms with Crippen LogP contribution in [0.15, 0.2) is 12.2 Å². The second-order valence-electron chi connectivity index (χ2n) is 5.22. The Morgan fingerprint density at radius 1 is 1.06 bits per heavy atom. The predicted molar refractivity (Wildman–Crippen MR) is 75.8 cm³/mol. The summed E-state index contributed by atoms with van der Waals surface area (Å²) < 4.78 is 17.2. The molecule has 1 aliphatic carbocycles. The molecule has 0 aromatic heterocycles. The van der Waals surface area contributed by atoms with Gasteiger partial charge in [0.2, 0.25) is 0 Å². The molecule has 0 heterocycles. The highest BCUT2D eigenvalue weighted by atomic mass is 28.4. The van der Waals surface area contributed by atoms with Crippen LogP contribution in [0.5, 0.6) is 0 Å². The van der Waals surface area contributed by atoms with Crippen LogP contribution in [-0.2, 0) is 13.3 Å². The molecule has 0 aromatic rings. The van der Waals surface area contributed by atoms with Crippen molar-refractivity contribution in [1.29, 1.82) is 0 Å². The van der Waals surface area contributed by atoms with Crippen LogP contribution < -0.4 is 0 Å². The van der Waals surface area contributed by atoms with Gasteiger partial charge in [-0.15, -0.1) is 0 Å². The van der Waals surface area contributed by atoms with E-state index in [1.54, 1.807) is 14.2 Å². The van der Waals surface area contributed by atoms with E-state index in [-0.39, 0.29) is 0 Å². The van der Waals surface area contributed by atoms with Gasteiger partial charge in [0, 0.05) is 27.0 Å². The molecule has 0 fully saturated rings. The molecule has 0 saturated heterocycles. The molecular weight excluding hydrogens is 248 g/mol. The maximum absolute atomic E-state index is 5.96. The van der Waals surface area contributed by atoms with E-state index in [0.29, 0.717) is 5.54 Å². The van der Waals surface area contributed by atoms with Crippen molar-refractivity contribution in [2.75, 3.05) is 21.3 Å². The van der Waals surface area contributed by atoms with Gasteiger partial charge in [0.15, 0.2) is 8.32 Å². The second-order valence-corrected chi connectivity index (χ2v) is 13.6. The first-order chi connectivity index (χ1) is 7.99. The topological polar surface area (TPSA) is 27.7 Å². The zero-order valence-electron chi connectivity index (χ0n) is 11.8. The van der Waals surface area contributed by atoms with Crippen molar-refractivity contribution < 1.29 is 13.3 Å². The van der Waals surface area contributed by atoms with Gasteiger partial charge in [-0.1, -0.05) is 12.2 Å². The number of hydrogen-bond donors (Lipinski definition) is 0. The van der Waals surface area contributed by atoms with Crippen molar-refractivity contribution >= 4 is 16.9 Å². The third kappa shape index (κ3) is 3.76. The lowest BCUT2D eigenvalue weighted by Crippen LogP contribution is -2.51. The van der Waals surface area contributed by atoms with E-state index in [1.807, 2.05) is 7.11 Å². The van der Waals surface area contributed by atoms with Crippen molar-refractivity contribution in [3.63, 3.8) is 0 Å². The zero-order valence-corrected chi connectivity index (χ0v) is 13.8. The first kappa shape index (κ1) is 15.1. The summed E-state index contributed by atoms with van der Waals surface area (Å²) in [5, 5.41) is 0. The average molecular weight is 275 g/mol. The quantitative estimate of drug-likeness (QED) is 0.550. The fourth-order valence-corrected chi connectivity index (χ4v) is 12.5.